The minimum atomic E-state index is -0.204. The Kier molecular flexibility index (Phi) is 3.72. The maximum Gasteiger partial charge on any atom is 0.139 e. The average Bonchev–Trinajstić information content (AvgIpc) is 2.13. The second-order valence-corrected chi connectivity index (χ2v) is 3.63. The highest BCUT2D eigenvalue weighted by molar-refractivity contribution is 9.10. The normalized spacial score (nSPS) is 10.2. The average molecular weight is 246 g/mol. The number of nitrogens with zero attached hydrogens (tertiary/aromatic N) is 1. The number of benzene rings is 1. The van der Waals surface area contributed by atoms with Gasteiger partial charge in [0.1, 0.15) is 5.82 Å². The van der Waals surface area contributed by atoms with Gasteiger partial charge in [-0.3, -0.25) is 0 Å². The van der Waals surface area contributed by atoms with Crippen LogP contribution in [-0.2, 0) is 0 Å². The van der Waals surface area contributed by atoms with Crippen molar-refractivity contribution in [2.75, 3.05) is 18.0 Å². The SMILES string of the molecule is CCN(CC)c1ccc(Br)c(F)c1. The van der Waals surface area contributed by atoms with E-state index in [-0.39, 0.29) is 5.82 Å². The van der Waals surface area contributed by atoms with Gasteiger partial charge in [0.15, 0.2) is 0 Å². The number of hydrogen-bond donors (Lipinski definition) is 0. The van der Waals surface area contributed by atoms with Crippen LogP contribution in [0.2, 0.25) is 0 Å². The molecule has 0 fully saturated rings. The predicted molar refractivity (Wildman–Crippen MR) is 57.7 cm³/mol. The molecule has 0 amide bonds. The molecule has 1 aromatic carbocycles. The van der Waals surface area contributed by atoms with Crippen molar-refractivity contribution in [1.29, 1.82) is 0 Å². The summed E-state index contributed by atoms with van der Waals surface area (Å²) in [5.74, 6) is -0.204. The fourth-order valence-electron chi connectivity index (χ4n) is 1.27. The highest BCUT2D eigenvalue weighted by Gasteiger charge is 2.04. The van der Waals surface area contributed by atoms with Gasteiger partial charge in [-0.2, -0.15) is 0 Å². The van der Waals surface area contributed by atoms with E-state index < -0.39 is 0 Å². The van der Waals surface area contributed by atoms with Crippen LogP contribution in [0.5, 0.6) is 0 Å². The van der Waals surface area contributed by atoms with Gasteiger partial charge in [0.2, 0.25) is 0 Å². The maximum absolute atomic E-state index is 13.1. The van der Waals surface area contributed by atoms with Crippen LogP contribution < -0.4 is 4.90 Å². The molecule has 13 heavy (non-hydrogen) atoms. The summed E-state index contributed by atoms with van der Waals surface area (Å²) < 4.78 is 13.7. The lowest BCUT2D eigenvalue weighted by molar-refractivity contribution is 0.620. The molecule has 0 aliphatic carbocycles. The third-order valence-electron chi connectivity index (χ3n) is 2.03. The molecule has 1 rings (SSSR count). The summed E-state index contributed by atoms with van der Waals surface area (Å²) in [5, 5.41) is 0. The summed E-state index contributed by atoms with van der Waals surface area (Å²) in [6.45, 7) is 5.92. The zero-order valence-electron chi connectivity index (χ0n) is 7.85. The van der Waals surface area contributed by atoms with Crippen LogP contribution in [0, 0.1) is 5.82 Å². The Bertz CT molecular complexity index is 284. The lowest BCUT2D eigenvalue weighted by atomic mass is 10.3. The van der Waals surface area contributed by atoms with E-state index in [9.17, 15) is 4.39 Å². The summed E-state index contributed by atoms with van der Waals surface area (Å²) in [4.78, 5) is 2.11. The van der Waals surface area contributed by atoms with Gasteiger partial charge in [-0.25, -0.2) is 4.39 Å². The summed E-state index contributed by atoms with van der Waals surface area (Å²) in [7, 11) is 0. The molecule has 0 spiro atoms. The molecule has 72 valence electrons. The molecule has 0 atom stereocenters. The van der Waals surface area contributed by atoms with E-state index in [1.54, 1.807) is 12.1 Å². The molecule has 0 unspecified atom stereocenters. The zero-order valence-corrected chi connectivity index (χ0v) is 9.44. The third-order valence-corrected chi connectivity index (χ3v) is 2.67. The topological polar surface area (TPSA) is 3.24 Å². The Balaban J connectivity index is 2.95. The monoisotopic (exact) mass is 245 g/mol. The smallest absolute Gasteiger partial charge is 0.139 e. The standard InChI is InChI=1S/C10H13BrFN/c1-3-13(4-2)8-5-6-9(11)10(12)7-8/h5-7H,3-4H2,1-2H3. The number of rotatable bonds is 3. The largest absolute Gasteiger partial charge is 0.372 e. The van der Waals surface area contributed by atoms with Crippen molar-refractivity contribution in [3.8, 4) is 0 Å². The van der Waals surface area contributed by atoms with Gasteiger partial charge in [0.25, 0.3) is 0 Å². The molecule has 0 saturated heterocycles. The van der Waals surface area contributed by atoms with Crippen molar-refractivity contribution < 1.29 is 4.39 Å². The van der Waals surface area contributed by atoms with E-state index in [1.165, 1.54) is 0 Å². The van der Waals surface area contributed by atoms with Crippen molar-refractivity contribution in [3.63, 3.8) is 0 Å². The van der Waals surface area contributed by atoms with Crippen molar-refractivity contribution >= 4 is 21.6 Å². The quantitative estimate of drug-likeness (QED) is 0.789. The van der Waals surface area contributed by atoms with Crippen LogP contribution >= 0.6 is 15.9 Å². The highest BCUT2D eigenvalue weighted by atomic mass is 79.9. The fourth-order valence-corrected chi connectivity index (χ4v) is 1.52. The van der Waals surface area contributed by atoms with Crippen LogP contribution in [0.15, 0.2) is 22.7 Å². The Morgan fingerprint density at radius 3 is 2.38 bits per heavy atom. The minimum Gasteiger partial charge on any atom is -0.372 e. The summed E-state index contributed by atoms with van der Waals surface area (Å²) in [6, 6.07) is 5.21. The molecule has 0 saturated carbocycles. The van der Waals surface area contributed by atoms with E-state index in [2.05, 4.69) is 34.7 Å². The molecule has 1 aromatic rings. The molecule has 3 heteroatoms. The Hall–Kier alpha value is -0.570. The van der Waals surface area contributed by atoms with Crippen LogP contribution in [0.1, 0.15) is 13.8 Å². The van der Waals surface area contributed by atoms with Crippen molar-refractivity contribution in [2.24, 2.45) is 0 Å². The first kappa shape index (κ1) is 10.5. The van der Waals surface area contributed by atoms with E-state index in [4.69, 9.17) is 0 Å². The zero-order chi connectivity index (χ0) is 9.84. The Labute approximate surface area is 86.7 Å². The van der Waals surface area contributed by atoms with Gasteiger partial charge in [0, 0.05) is 18.8 Å². The number of anilines is 1. The molecule has 0 N–H and O–H groups in total. The number of halogens is 2. The van der Waals surface area contributed by atoms with Crippen molar-refractivity contribution in [2.45, 2.75) is 13.8 Å². The van der Waals surface area contributed by atoms with Gasteiger partial charge >= 0.3 is 0 Å². The molecular formula is C10H13BrFN. The Morgan fingerprint density at radius 1 is 1.31 bits per heavy atom. The van der Waals surface area contributed by atoms with Gasteiger partial charge in [-0.15, -0.1) is 0 Å². The number of hydrogen-bond acceptors (Lipinski definition) is 1. The van der Waals surface area contributed by atoms with E-state index >= 15 is 0 Å². The predicted octanol–water partition coefficient (Wildman–Crippen LogP) is 3.43. The van der Waals surface area contributed by atoms with E-state index in [0.717, 1.165) is 18.8 Å². The molecule has 0 radical (unpaired) electrons. The molecule has 0 aromatic heterocycles. The minimum absolute atomic E-state index is 0.204. The summed E-state index contributed by atoms with van der Waals surface area (Å²) in [5.41, 5.74) is 0.936. The molecule has 0 bridgehead atoms. The van der Waals surface area contributed by atoms with Gasteiger partial charge in [-0.05, 0) is 48.0 Å². The van der Waals surface area contributed by atoms with Crippen LogP contribution in [-0.4, -0.2) is 13.1 Å². The van der Waals surface area contributed by atoms with Crippen molar-refractivity contribution in [3.05, 3.63) is 28.5 Å². The second kappa shape index (κ2) is 4.61. The van der Waals surface area contributed by atoms with Crippen LogP contribution in [0.3, 0.4) is 0 Å². The molecule has 0 aliphatic heterocycles. The highest BCUT2D eigenvalue weighted by Crippen LogP contribution is 2.21. The molecule has 0 aliphatic rings. The van der Waals surface area contributed by atoms with Crippen LogP contribution in [0.25, 0.3) is 0 Å². The third kappa shape index (κ3) is 2.44. The van der Waals surface area contributed by atoms with Crippen molar-refractivity contribution in [1.82, 2.24) is 0 Å². The lowest BCUT2D eigenvalue weighted by Gasteiger charge is -2.20. The van der Waals surface area contributed by atoms with E-state index in [1.807, 2.05) is 6.07 Å². The Morgan fingerprint density at radius 2 is 1.92 bits per heavy atom. The van der Waals surface area contributed by atoms with Gasteiger partial charge in [-0.1, -0.05) is 0 Å². The second-order valence-electron chi connectivity index (χ2n) is 2.77. The summed E-state index contributed by atoms with van der Waals surface area (Å²) in [6.07, 6.45) is 0. The van der Waals surface area contributed by atoms with Crippen LogP contribution in [0.4, 0.5) is 10.1 Å². The fraction of sp³-hybridized carbons (Fsp3) is 0.400. The molecule has 0 heterocycles. The first-order valence-electron chi connectivity index (χ1n) is 4.39. The summed E-state index contributed by atoms with van der Waals surface area (Å²) >= 11 is 3.13. The van der Waals surface area contributed by atoms with Gasteiger partial charge in [0.05, 0.1) is 4.47 Å². The first-order valence-corrected chi connectivity index (χ1v) is 5.18. The lowest BCUT2D eigenvalue weighted by Crippen LogP contribution is -2.21. The maximum atomic E-state index is 13.1. The van der Waals surface area contributed by atoms with E-state index in [0.29, 0.717) is 4.47 Å². The molecular weight excluding hydrogens is 233 g/mol. The first-order chi connectivity index (χ1) is 6.19. The van der Waals surface area contributed by atoms with Gasteiger partial charge < -0.3 is 4.90 Å². The molecule has 1 nitrogen and oxygen atoms in total.